The van der Waals surface area contributed by atoms with Gasteiger partial charge < -0.3 is 19.5 Å². The predicted octanol–water partition coefficient (Wildman–Crippen LogP) is 3.90. The van der Waals surface area contributed by atoms with Gasteiger partial charge in [0, 0.05) is 18.7 Å². The van der Waals surface area contributed by atoms with Crippen LogP contribution in [0.3, 0.4) is 0 Å². The van der Waals surface area contributed by atoms with Gasteiger partial charge in [-0.15, -0.1) is 18.3 Å². The molecule has 11 heteroatoms. The number of carbonyl (C=O) groups is 1. The van der Waals surface area contributed by atoms with E-state index in [1.807, 2.05) is 0 Å². The van der Waals surface area contributed by atoms with Gasteiger partial charge in [-0.25, -0.2) is 4.68 Å². The van der Waals surface area contributed by atoms with Crippen molar-refractivity contribution in [2.45, 2.75) is 31.7 Å². The highest BCUT2D eigenvalue weighted by molar-refractivity contribution is 5.77. The molecule has 1 aromatic heterocycles. The third-order valence-corrected chi connectivity index (χ3v) is 5.15. The molecule has 1 N–H and O–H groups in total. The summed E-state index contributed by atoms with van der Waals surface area (Å²) in [6, 6.07) is 12.3. The maximum Gasteiger partial charge on any atom is 0.573 e. The highest BCUT2D eigenvalue weighted by Gasteiger charge is 2.31. The highest BCUT2D eigenvalue weighted by atomic mass is 19.4. The van der Waals surface area contributed by atoms with Crippen LogP contribution in [0.1, 0.15) is 19.3 Å². The van der Waals surface area contributed by atoms with Crippen LogP contribution in [0.4, 0.5) is 13.2 Å². The molecule has 1 aliphatic heterocycles. The number of nitrogens with zero attached hydrogens (tertiary/aromatic N) is 3. The molecular formula is C23H23F3N4O4. The standard InChI is InChI=1S/C23H23F3N4O4/c24-23(25,26)34-19-8-4-16(5-9-19)21-14-30(29-28-21)17-6-10-18(11-7-17)33-15-22(31)27-13-20-3-1-2-12-32-20/h4-11,14,20H,1-3,12-13,15H2,(H,27,31). The number of carbonyl (C=O) groups excluding carboxylic acids is 1. The van der Waals surface area contributed by atoms with Gasteiger partial charge in [-0.1, -0.05) is 5.21 Å². The van der Waals surface area contributed by atoms with Crippen molar-refractivity contribution in [3.05, 3.63) is 54.7 Å². The molecule has 8 nitrogen and oxygen atoms in total. The monoisotopic (exact) mass is 476 g/mol. The molecule has 1 amide bonds. The lowest BCUT2D eigenvalue weighted by Gasteiger charge is -2.22. The van der Waals surface area contributed by atoms with E-state index < -0.39 is 6.36 Å². The summed E-state index contributed by atoms with van der Waals surface area (Å²) >= 11 is 0. The van der Waals surface area contributed by atoms with Gasteiger partial charge in [-0.3, -0.25) is 4.79 Å². The summed E-state index contributed by atoms with van der Waals surface area (Å²) in [5.74, 6) is -0.00513. The lowest BCUT2D eigenvalue weighted by atomic mass is 10.1. The quantitative estimate of drug-likeness (QED) is 0.531. The Morgan fingerprint density at radius 1 is 1.09 bits per heavy atom. The third-order valence-electron chi connectivity index (χ3n) is 5.15. The zero-order valence-corrected chi connectivity index (χ0v) is 18.1. The molecule has 3 aromatic rings. The fourth-order valence-electron chi connectivity index (χ4n) is 3.44. The van der Waals surface area contributed by atoms with Crippen molar-refractivity contribution < 1.29 is 32.2 Å². The van der Waals surface area contributed by atoms with E-state index in [1.54, 1.807) is 30.5 Å². The van der Waals surface area contributed by atoms with Crippen molar-refractivity contribution in [2.75, 3.05) is 19.8 Å². The van der Waals surface area contributed by atoms with Crippen molar-refractivity contribution in [1.29, 1.82) is 0 Å². The molecule has 0 radical (unpaired) electrons. The first-order valence-corrected chi connectivity index (χ1v) is 10.8. The Bertz CT molecular complexity index is 1080. The van der Waals surface area contributed by atoms with Crippen LogP contribution < -0.4 is 14.8 Å². The van der Waals surface area contributed by atoms with Crippen LogP contribution in [0, 0.1) is 0 Å². The van der Waals surface area contributed by atoms with Crippen LogP contribution >= 0.6 is 0 Å². The Morgan fingerprint density at radius 2 is 1.82 bits per heavy atom. The van der Waals surface area contributed by atoms with Gasteiger partial charge in [0.25, 0.3) is 5.91 Å². The zero-order valence-electron chi connectivity index (χ0n) is 18.1. The van der Waals surface area contributed by atoms with Crippen LogP contribution in [0.2, 0.25) is 0 Å². The van der Waals surface area contributed by atoms with Crippen molar-refractivity contribution in [1.82, 2.24) is 20.3 Å². The number of halogens is 3. The third kappa shape index (κ3) is 6.70. The molecule has 1 fully saturated rings. The topological polar surface area (TPSA) is 87.5 Å². The average molecular weight is 476 g/mol. The SMILES string of the molecule is O=C(COc1ccc(-n2cc(-c3ccc(OC(F)(F)F)cc3)nn2)cc1)NCC1CCCCO1. The van der Waals surface area contributed by atoms with Crippen LogP contribution in [0.25, 0.3) is 16.9 Å². The molecule has 0 bridgehead atoms. The van der Waals surface area contributed by atoms with E-state index in [-0.39, 0.29) is 24.4 Å². The van der Waals surface area contributed by atoms with Gasteiger partial charge in [0.05, 0.1) is 18.0 Å². The number of aromatic nitrogens is 3. The van der Waals surface area contributed by atoms with E-state index >= 15 is 0 Å². The summed E-state index contributed by atoms with van der Waals surface area (Å²) < 4.78 is 53.4. The van der Waals surface area contributed by atoms with Crippen molar-refractivity contribution in [3.63, 3.8) is 0 Å². The molecule has 2 aromatic carbocycles. The maximum atomic E-state index is 12.3. The molecule has 1 saturated heterocycles. The Kier molecular flexibility index (Phi) is 7.31. The number of amides is 1. The van der Waals surface area contributed by atoms with Crippen LogP contribution in [0.5, 0.6) is 11.5 Å². The Hall–Kier alpha value is -3.60. The average Bonchev–Trinajstić information content (AvgIpc) is 3.32. The second kappa shape index (κ2) is 10.6. The number of alkyl halides is 3. The first kappa shape index (κ1) is 23.6. The lowest BCUT2D eigenvalue weighted by molar-refractivity contribution is -0.274. The van der Waals surface area contributed by atoms with Crippen LogP contribution in [-0.4, -0.2) is 53.1 Å². The molecule has 1 aliphatic rings. The summed E-state index contributed by atoms with van der Waals surface area (Å²) in [7, 11) is 0. The molecule has 0 aliphatic carbocycles. The number of hydrogen-bond donors (Lipinski definition) is 1. The van der Waals surface area contributed by atoms with Gasteiger partial charge in [0.2, 0.25) is 0 Å². The molecule has 4 rings (SSSR count). The van der Waals surface area contributed by atoms with Gasteiger partial charge in [-0.05, 0) is 67.8 Å². The summed E-state index contributed by atoms with van der Waals surface area (Å²) in [5, 5.41) is 10.9. The van der Waals surface area contributed by atoms with E-state index in [0.29, 0.717) is 29.2 Å². The summed E-state index contributed by atoms with van der Waals surface area (Å²) in [4.78, 5) is 12.0. The van der Waals surface area contributed by atoms with Crippen molar-refractivity contribution in [2.24, 2.45) is 0 Å². The van der Waals surface area contributed by atoms with Crippen LogP contribution in [-0.2, 0) is 9.53 Å². The van der Waals surface area contributed by atoms with Gasteiger partial charge >= 0.3 is 6.36 Å². The minimum atomic E-state index is -4.74. The molecule has 1 atom stereocenters. The van der Waals surface area contributed by atoms with Crippen molar-refractivity contribution >= 4 is 5.91 Å². The van der Waals surface area contributed by atoms with Gasteiger partial charge in [0.1, 0.15) is 17.2 Å². The second-order valence-electron chi connectivity index (χ2n) is 7.70. The summed E-state index contributed by atoms with van der Waals surface area (Å²) in [6.07, 6.45) is 0.0953. The normalized spacial score (nSPS) is 16.1. The van der Waals surface area contributed by atoms with Gasteiger partial charge in [0.15, 0.2) is 6.61 Å². The molecule has 34 heavy (non-hydrogen) atoms. The Balaban J connectivity index is 1.29. The maximum absolute atomic E-state index is 12.3. The molecule has 0 saturated carbocycles. The number of hydrogen-bond acceptors (Lipinski definition) is 6. The number of rotatable bonds is 8. The van der Waals surface area contributed by atoms with Crippen molar-refractivity contribution in [3.8, 4) is 28.4 Å². The highest BCUT2D eigenvalue weighted by Crippen LogP contribution is 2.26. The minimum Gasteiger partial charge on any atom is -0.484 e. The molecule has 180 valence electrons. The van der Waals surface area contributed by atoms with E-state index in [9.17, 15) is 18.0 Å². The second-order valence-corrected chi connectivity index (χ2v) is 7.70. The summed E-state index contributed by atoms with van der Waals surface area (Å²) in [6.45, 7) is 1.11. The molecule has 1 unspecified atom stereocenters. The number of ether oxygens (including phenoxy) is 3. The van der Waals surface area contributed by atoms with Gasteiger partial charge in [-0.2, -0.15) is 0 Å². The summed E-state index contributed by atoms with van der Waals surface area (Å²) in [5.41, 5.74) is 1.77. The fraction of sp³-hybridized carbons (Fsp3) is 0.348. The fourth-order valence-corrected chi connectivity index (χ4v) is 3.44. The zero-order chi connectivity index (χ0) is 24.0. The predicted molar refractivity (Wildman–Crippen MR) is 116 cm³/mol. The first-order valence-electron chi connectivity index (χ1n) is 10.8. The minimum absolute atomic E-state index is 0.0655. The van der Waals surface area contributed by atoms with Crippen LogP contribution in [0.15, 0.2) is 54.7 Å². The van der Waals surface area contributed by atoms with E-state index in [2.05, 4.69) is 20.4 Å². The molecular weight excluding hydrogens is 453 g/mol. The number of benzene rings is 2. The smallest absolute Gasteiger partial charge is 0.484 e. The number of nitrogens with one attached hydrogen (secondary N) is 1. The van der Waals surface area contributed by atoms with E-state index in [0.717, 1.165) is 25.9 Å². The first-order chi connectivity index (χ1) is 16.4. The largest absolute Gasteiger partial charge is 0.573 e. The lowest BCUT2D eigenvalue weighted by Crippen LogP contribution is -2.37. The Morgan fingerprint density at radius 3 is 2.50 bits per heavy atom. The van der Waals surface area contributed by atoms with E-state index in [4.69, 9.17) is 9.47 Å². The molecule has 0 spiro atoms. The molecule has 2 heterocycles. The Labute approximate surface area is 193 Å². The van der Waals surface area contributed by atoms with E-state index in [1.165, 1.54) is 28.9 Å².